The first-order valence-corrected chi connectivity index (χ1v) is 22.9. The third-order valence-electron chi connectivity index (χ3n) is 12.9. The van der Waals surface area contributed by atoms with Crippen LogP contribution in [-0.4, -0.2) is 4.57 Å². The summed E-state index contributed by atoms with van der Waals surface area (Å²) in [5.41, 5.74) is 17.1. The Labute approximate surface area is 391 Å². The van der Waals surface area contributed by atoms with E-state index >= 15 is 0 Å². The molecule has 0 saturated carbocycles. The number of anilines is 6. The van der Waals surface area contributed by atoms with E-state index in [9.17, 15) is 0 Å². The maximum atomic E-state index is 2.44. The molecule has 0 aliphatic rings. The zero-order chi connectivity index (χ0) is 44.5. The maximum Gasteiger partial charge on any atom is 0.0561 e. The van der Waals surface area contributed by atoms with Gasteiger partial charge in [0.05, 0.1) is 22.4 Å². The number of benzene rings is 11. The minimum absolute atomic E-state index is 1.07. The molecule has 0 unspecified atom stereocenters. The predicted octanol–water partition coefficient (Wildman–Crippen LogP) is 17.9. The van der Waals surface area contributed by atoms with Crippen molar-refractivity contribution < 1.29 is 0 Å². The molecule has 316 valence electrons. The fourth-order valence-corrected chi connectivity index (χ4v) is 9.78. The summed E-state index contributed by atoms with van der Waals surface area (Å²) >= 11 is 0. The highest BCUT2D eigenvalue weighted by Gasteiger charge is 2.22. The van der Waals surface area contributed by atoms with Crippen LogP contribution in [-0.2, 0) is 0 Å². The van der Waals surface area contributed by atoms with Crippen LogP contribution in [0.3, 0.4) is 0 Å². The van der Waals surface area contributed by atoms with Crippen molar-refractivity contribution in [1.29, 1.82) is 0 Å². The Morgan fingerprint density at radius 1 is 0.254 bits per heavy atom. The van der Waals surface area contributed by atoms with E-state index in [-0.39, 0.29) is 0 Å². The highest BCUT2D eigenvalue weighted by atomic mass is 15.2. The lowest BCUT2D eigenvalue weighted by molar-refractivity contribution is 1.18. The van der Waals surface area contributed by atoms with Crippen LogP contribution in [0.5, 0.6) is 0 Å². The molecule has 3 nitrogen and oxygen atoms in total. The SMILES string of the molecule is c1ccc(-c2cc3ccccc3cc2N(c2ccc(-c3ccc(-c4ccccc4N(c4ccccc4)c4ccccc4)cc3)cc2)c2ccc3c4ccccc4n(-c4ccccc4)c3c2)cc1. The van der Waals surface area contributed by atoms with Gasteiger partial charge in [-0.05, 0) is 118 Å². The van der Waals surface area contributed by atoms with Gasteiger partial charge in [-0.3, -0.25) is 0 Å². The van der Waals surface area contributed by atoms with Crippen LogP contribution in [0.2, 0.25) is 0 Å². The molecular formula is C64H45N3. The molecule has 0 saturated heterocycles. The van der Waals surface area contributed by atoms with Gasteiger partial charge in [0, 0.05) is 50.3 Å². The lowest BCUT2D eigenvalue weighted by Gasteiger charge is -2.29. The average Bonchev–Trinajstić information content (AvgIpc) is 3.74. The first-order chi connectivity index (χ1) is 33.2. The van der Waals surface area contributed by atoms with E-state index in [1.807, 2.05) is 0 Å². The zero-order valence-electron chi connectivity index (χ0n) is 36.8. The molecule has 0 N–H and O–H groups in total. The van der Waals surface area contributed by atoms with Crippen LogP contribution in [0.25, 0.3) is 71.6 Å². The minimum atomic E-state index is 1.07. The van der Waals surface area contributed by atoms with Crippen molar-refractivity contribution >= 4 is 66.7 Å². The van der Waals surface area contributed by atoms with Gasteiger partial charge in [0.1, 0.15) is 0 Å². The Bertz CT molecular complexity index is 3620. The average molecular weight is 856 g/mol. The molecule has 67 heavy (non-hydrogen) atoms. The Balaban J connectivity index is 0.976. The second-order valence-electron chi connectivity index (χ2n) is 17.0. The Morgan fingerprint density at radius 2 is 0.716 bits per heavy atom. The Kier molecular flexibility index (Phi) is 10.2. The Morgan fingerprint density at radius 3 is 1.40 bits per heavy atom. The molecule has 12 rings (SSSR count). The van der Waals surface area contributed by atoms with Crippen LogP contribution in [0.15, 0.2) is 273 Å². The molecule has 1 aromatic heterocycles. The van der Waals surface area contributed by atoms with Crippen LogP contribution in [0.4, 0.5) is 34.1 Å². The zero-order valence-corrected chi connectivity index (χ0v) is 36.8. The van der Waals surface area contributed by atoms with Crippen molar-refractivity contribution in [2.45, 2.75) is 0 Å². The van der Waals surface area contributed by atoms with Crippen molar-refractivity contribution in [3.05, 3.63) is 273 Å². The number of hydrogen-bond acceptors (Lipinski definition) is 2. The minimum Gasteiger partial charge on any atom is -0.310 e. The smallest absolute Gasteiger partial charge is 0.0561 e. The third-order valence-corrected chi connectivity index (χ3v) is 12.9. The summed E-state index contributed by atoms with van der Waals surface area (Å²) in [5, 5.41) is 4.85. The van der Waals surface area contributed by atoms with Crippen molar-refractivity contribution in [3.63, 3.8) is 0 Å². The molecule has 1 heterocycles. The van der Waals surface area contributed by atoms with Crippen molar-refractivity contribution in [3.8, 4) is 39.1 Å². The second-order valence-corrected chi connectivity index (χ2v) is 17.0. The van der Waals surface area contributed by atoms with Crippen molar-refractivity contribution in [2.24, 2.45) is 0 Å². The van der Waals surface area contributed by atoms with E-state index < -0.39 is 0 Å². The van der Waals surface area contributed by atoms with Crippen LogP contribution in [0.1, 0.15) is 0 Å². The van der Waals surface area contributed by atoms with E-state index in [1.54, 1.807) is 0 Å². The predicted molar refractivity (Wildman–Crippen MR) is 284 cm³/mol. The van der Waals surface area contributed by atoms with Gasteiger partial charge in [-0.2, -0.15) is 0 Å². The standard InChI is InChI=1S/C64H45N3/c1-5-19-48(20-6-1)60-43-50-21-13-14-22-51(50)44-63(60)66(56-41-42-59-58-30-16-18-32-62(58)67(64(59)45-56)54-27-11-4-12-28-54)55-39-37-47(38-40-55)46-33-35-49(36-34-46)57-29-15-17-31-61(57)65(52-23-7-2-8-24-52)53-25-9-3-10-26-53/h1-45H. The molecule has 0 fully saturated rings. The summed E-state index contributed by atoms with van der Waals surface area (Å²) in [6.45, 7) is 0. The molecule has 12 aromatic rings. The molecule has 0 aliphatic heterocycles. The summed E-state index contributed by atoms with van der Waals surface area (Å²) in [5.74, 6) is 0. The van der Waals surface area contributed by atoms with Crippen molar-refractivity contribution in [2.75, 3.05) is 9.80 Å². The topological polar surface area (TPSA) is 11.4 Å². The number of fused-ring (bicyclic) bond motifs is 4. The van der Waals surface area contributed by atoms with Gasteiger partial charge in [0.15, 0.2) is 0 Å². The summed E-state index contributed by atoms with van der Waals surface area (Å²) in [4.78, 5) is 4.78. The van der Waals surface area contributed by atoms with Crippen LogP contribution in [0, 0.1) is 0 Å². The van der Waals surface area contributed by atoms with Gasteiger partial charge >= 0.3 is 0 Å². The molecule has 0 aliphatic carbocycles. The lowest BCUT2D eigenvalue weighted by Crippen LogP contribution is -2.11. The maximum absolute atomic E-state index is 2.44. The molecule has 0 atom stereocenters. The summed E-state index contributed by atoms with van der Waals surface area (Å²) in [7, 11) is 0. The molecule has 0 radical (unpaired) electrons. The van der Waals surface area contributed by atoms with E-state index in [0.717, 1.165) is 62.0 Å². The highest BCUT2D eigenvalue weighted by molar-refractivity contribution is 6.11. The molecule has 0 spiro atoms. The molecule has 11 aromatic carbocycles. The molecular weight excluding hydrogens is 811 g/mol. The number of rotatable bonds is 10. The van der Waals surface area contributed by atoms with Gasteiger partial charge in [0.25, 0.3) is 0 Å². The normalized spacial score (nSPS) is 11.3. The fourth-order valence-electron chi connectivity index (χ4n) is 9.78. The monoisotopic (exact) mass is 855 g/mol. The lowest BCUT2D eigenvalue weighted by atomic mass is 9.96. The second kappa shape index (κ2) is 17.2. The van der Waals surface area contributed by atoms with E-state index in [4.69, 9.17) is 0 Å². The summed E-state index contributed by atoms with van der Waals surface area (Å²) < 4.78 is 2.40. The summed E-state index contributed by atoms with van der Waals surface area (Å²) in [6.07, 6.45) is 0. The number of hydrogen-bond donors (Lipinski definition) is 0. The first-order valence-electron chi connectivity index (χ1n) is 22.9. The fraction of sp³-hybridized carbons (Fsp3) is 0. The van der Waals surface area contributed by atoms with E-state index in [1.165, 1.54) is 43.8 Å². The van der Waals surface area contributed by atoms with Gasteiger partial charge in [-0.1, -0.05) is 188 Å². The van der Waals surface area contributed by atoms with Crippen molar-refractivity contribution in [1.82, 2.24) is 4.57 Å². The number of aromatic nitrogens is 1. The van der Waals surface area contributed by atoms with E-state index in [2.05, 4.69) is 287 Å². The molecule has 0 bridgehead atoms. The Hall–Kier alpha value is -8.92. The first kappa shape index (κ1) is 39.7. The molecule has 0 amide bonds. The van der Waals surface area contributed by atoms with Crippen LogP contribution < -0.4 is 9.80 Å². The van der Waals surface area contributed by atoms with Gasteiger partial charge in [-0.25, -0.2) is 0 Å². The third kappa shape index (κ3) is 7.39. The van der Waals surface area contributed by atoms with Gasteiger partial charge in [0.2, 0.25) is 0 Å². The highest BCUT2D eigenvalue weighted by Crippen LogP contribution is 2.46. The largest absolute Gasteiger partial charge is 0.310 e. The van der Waals surface area contributed by atoms with Gasteiger partial charge < -0.3 is 14.4 Å². The quantitative estimate of drug-likeness (QED) is 0.136. The van der Waals surface area contributed by atoms with E-state index in [0.29, 0.717) is 0 Å². The molecule has 3 heteroatoms. The van der Waals surface area contributed by atoms with Gasteiger partial charge in [-0.15, -0.1) is 0 Å². The number of para-hydroxylation sites is 5. The summed E-state index contributed by atoms with van der Waals surface area (Å²) in [6, 6.07) is 98.6. The van der Waals surface area contributed by atoms with Crippen LogP contribution >= 0.6 is 0 Å². The number of nitrogens with zero attached hydrogens (tertiary/aromatic N) is 3.